The van der Waals surface area contributed by atoms with Crippen LogP contribution in [-0.2, 0) is 0 Å². The van der Waals surface area contributed by atoms with Gasteiger partial charge in [-0.15, -0.1) is 0 Å². The molecular weight excluding hydrogens is 206 g/mol. The summed E-state index contributed by atoms with van der Waals surface area (Å²) in [5.74, 6) is 0. The molecule has 0 unspecified atom stereocenters. The molecule has 0 spiro atoms. The molecule has 2 heterocycles. The van der Waals surface area contributed by atoms with Gasteiger partial charge in [0.2, 0.25) is 0 Å². The molecule has 3 aromatic rings. The van der Waals surface area contributed by atoms with Crippen molar-refractivity contribution < 1.29 is 0 Å². The van der Waals surface area contributed by atoms with Crippen molar-refractivity contribution >= 4 is 16.6 Å². The van der Waals surface area contributed by atoms with Crippen molar-refractivity contribution in [2.45, 2.75) is 0 Å². The van der Waals surface area contributed by atoms with Crippen molar-refractivity contribution in [1.29, 1.82) is 0 Å². The lowest BCUT2D eigenvalue weighted by molar-refractivity contribution is 0.856. The van der Waals surface area contributed by atoms with Crippen LogP contribution < -0.4 is 11.1 Å². The summed E-state index contributed by atoms with van der Waals surface area (Å²) in [6.45, 7) is 0. The number of fused-ring (bicyclic) bond motifs is 2. The summed E-state index contributed by atoms with van der Waals surface area (Å²) in [5, 5.41) is 2.92. The minimum absolute atomic E-state index is 0.265. The van der Waals surface area contributed by atoms with Crippen LogP contribution in [0.15, 0.2) is 46.0 Å². The molecule has 0 radical (unpaired) electrons. The smallest absolute Gasteiger partial charge is 0.268 e. The molecule has 1 N–H and O–H groups in total. The summed E-state index contributed by atoms with van der Waals surface area (Å²) >= 11 is 0. The number of para-hydroxylation sites is 1. The molecule has 0 atom stereocenters. The molecule has 0 aliphatic carbocycles. The van der Waals surface area contributed by atoms with Crippen molar-refractivity contribution in [3.8, 4) is 0 Å². The monoisotopic (exact) mass is 213 g/mol. The highest BCUT2D eigenvalue weighted by atomic mass is 16.1. The van der Waals surface area contributed by atoms with Gasteiger partial charge in [-0.1, -0.05) is 12.1 Å². The third-order valence-electron chi connectivity index (χ3n) is 2.41. The van der Waals surface area contributed by atoms with Gasteiger partial charge in [-0.05, 0) is 18.2 Å². The Kier molecular flexibility index (Phi) is 1.67. The molecule has 0 saturated heterocycles. The Morgan fingerprint density at radius 2 is 1.88 bits per heavy atom. The Morgan fingerprint density at radius 1 is 1.06 bits per heavy atom. The lowest BCUT2D eigenvalue weighted by Crippen LogP contribution is -2.23. The number of nitrogens with zero attached hydrogens (tertiary/aromatic N) is 2. The van der Waals surface area contributed by atoms with Crippen LogP contribution in [0.25, 0.3) is 16.6 Å². The van der Waals surface area contributed by atoms with Crippen molar-refractivity contribution in [2.24, 2.45) is 0 Å². The standard InChI is InChI=1S/C11H7N3O2/c15-10-6-5-9-12-8-4-2-1-3-7(8)11(16)14(9)13-10/h1-6H,(H,13,15). The second kappa shape index (κ2) is 3.03. The van der Waals surface area contributed by atoms with Crippen LogP contribution in [0.5, 0.6) is 0 Å². The summed E-state index contributed by atoms with van der Waals surface area (Å²) < 4.78 is 1.16. The average molecular weight is 213 g/mol. The molecule has 0 aliphatic rings. The summed E-state index contributed by atoms with van der Waals surface area (Å²) in [7, 11) is 0. The SMILES string of the molecule is O=c1ccc2nc3ccccc3c(=O)n2[nH]1. The Bertz CT molecular complexity index is 801. The number of hydrogen-bond donors (Lipinski definition) is 1. The van der Waals surface area contributed by atoms with E-state index in [1.54, 1.807) is 18.2 Å². The molecule has 0 amide bonds. The van der Waals surface area contributed by atoms with E-state index in [2.05, 4.69) is 10.1 Å². The molecule has 5 nitrogen and oxygen atoms in total. The first-order valence-corrected chi connectivity index (χ1v) is 4.76. The van der Waals surface area contributed by atoms with Gasteiger partial charge in [-0.25, -0.2) is 4.98 Å². The van der Waals surface area contributed by atoms with E-state index in [1.807, 2.05) is 6.07 Å². The summed E-state index contributed by atoms with van der Waals surface area (Å²) in [6, 6.07) is 9.89. The quantitative estimate of drug-likeness (QED) is 0.554. The fourth-order valence-corrected chi connectivity index (χ4v) is 1.67. The molecule has 5 heteroatoms. The Hall–Kier alpha value is -2.43. The normalized spacial score (nSPS) is 11.0. The average Bonchev–Trinajstić information content (AvgIpc) is 2.31. The topological polar surface area (TPSA) is 67.2 Å². The maximum atomic E-state index is 12.0. The fourth-order valence-electron chi connectivity index (χ4n) is 1.67. The van der Waals surface area contributed by atoms with Gasteiger partial charge >= 0.3 is 0 Å². The lowest BCUT2D eigenvalue weighted by atomic mass is 10.2. The molecular formula is C11H7N3O2. The second-order valence-corrected chi connectivity index (χ2v) is 3.44. The Labute approximate surface area is 89.0 Å². The summed E-state index contributed by atoms with van der Waals surface area (Å²) in [5.41, 5.74) is 0.466. The van der Waals surface area contributed by atoms with Crippen LogP contribution in [0.4, 0.5) is 0 Å². The maximum Gasteiger partial charge on any atom is 0.280 e. The first-order valence-electron chi connectivity index (χ1n) is 4.76. The van der Waals surface area contributed by atoms with Crippen LogP contribution in [0.1, 0.15) is 0 Å². The second-order valence-electron chi connectivity index (χ2n) is 3.44. The van der Waals surface area contributed by atoms with Crippen LogP contribution in [-0.4, -0.2) is 14.6 Å². The van der Waals surface area contributed by atoms with Crippen LogP contribution >= 0.6 is 0 Å². The van der Waals surface area contributed by atoms with E-state index in [0.29, 0.717) is 16.6 Å². The molecule has 16 heavy (non-hydrogen) atoms. The number of benzene rings is 1. The van der Waals surface area contributed by atoms with Crippen LogP contribution in [0, 0.1) is 0 Å². The van der Waals surface area contributed by atoms with Crippen molar-refractivity contribution in [3.63, 3.8) is 0 Å². The Balaban J connectivity index is 2.67. The number of rotatable bonds is 0. The Morgan fingerprint density at radius 3 is 2.75 bits per heavy atom. The van der Waals surface area contributed by atoms with E-state index in [1.165, 1.54) is 12.1 Å². The zero-order chi connectivity index (χ0) is 11.1. The minimum Gasteiger partial charge on any atom is -0.268 e. The molecule has 3 rings (SSSR count). The van der Waals surface area contributed by atoms with Crippen molar-refractivity contribution in [2.75, 3.05) is 0 Å². The summed E-state index contributed by atoms with van der Waals surface area (Å²) in [6.07, 6.45) is 0. The van der Waals surface area contributed by atoms with E-state index in [9.17, 15) is 9.59 Å². The number of nitrogens with one attached hydrogen (secondary N) is 1. The molecule has 0 bridgehead atoms. The predicted octanol–water partition coefficient (Wildman–Crippen LogP) is 0.536. The largest absolute Gasteiger partial charge is 0.280 e. The van der Waals surface area contributed by atoms with Gasteiger partial charge < -0.3 is 0 Å². The van der Waals surface area contributed by atoms with E-state index < -0.39 is 0 Å². The van der Waals surface area contributed by atoms with Crippen molar-refractivity contribution in [1.82, 2.24) is 14.6 Å². The van der Waals surface area contributed by atoms with Gasteiger partial charge in [0.05, 0.1) is 10.9 Å². The predicted molar refractivity (Wildman–Crippen MR) is 59.6 cm³/mol. The lowest BCUT2D eigenvalue weighted by Gasteiger charge is -2.01. The van der Waals surface area contributed by atoms with Crippen LogP contribution in [0.2, 0.25) is 0 Å². The third kappa shape index (κ3) is 1.15. The minimum atomic E-state index is -0.327. The highest BCUT2D eigenvalue weighted by Crippen LogP contribution is 2.06. The molecule has 0 aliphatic heterocycles. The van der Waals surface area contributed by atoms with E-state index in [4.69, 9.17) is 0 Å². The van der Waals surface area contributed by atoms with Gasteiger partial charge in [0.25, 0.3) is 11.1 Å². The molecule has 0 saturated carbocycles. The summed E-state index contributed by atoms with van der Waals surface area (Å²) in [4.78, 5) is 27.4. The third-order valence-corrected chi connectivity index (χ3v) is 2.41. The number of hydrogen-bond acceptors (Lipinski definition) is 3. The highest BCUT2D eigenvalue weighted by Gasteiger charge is 2.04. The highest BCUT2D eigenvalue weighted by molar-refractivity contribution is 5.79. The van der Waals surface area contributed by atoms with E-state index in [-0.39, 0.29) is 11.1 Å². The number of aromatic amines is 1. The number of H-pyrrole nitrogens is 1. The van der Waals surface area contributed by atoms with Gasteiger partial charge in [-0.2, -0.15) is 4.52 Å². The fraction of sp³-hybridized carbons (Fsp3) is 0. The van der Waals surface area contributed by atoms with Crippen molar-refractivity contribution in [3.05, 3.63) is 57.1 Å². The van der Waals surface area contributed by atoms with E-state index >= 15 is 0 Å². The molecule has 78 valence electrons. The zero-order valence-electron chi connectivity index (χ0n) is 8.18. The first-order chi connectivity index (χ1) is 7.75. The van der Waals surface area contributed by atoms with Gasteiger partial charge in [0.15, 0.2) is 5.65 Å². The van der Waals surface area contributed by atoms with Gasteiger partial charge in [-0.3, -0.25) is 14.7 Å². The molecule has 0 fully saturated rings. The molecule has 1 aromatic carbocycles. The zero-order valence-corrected chi connectivity index (χ0v) is 8.18. The van der Waals surface area contributed by atoms with Gasteiger partial charge in [0.1, 0.15) is 0 Å². The maximum absolute atomic E-state index is 12.0. The first kappa shape index (κ1) is 8.84. The van der Waals surface area contributed by atoms with Crippen LogP contribution in [0.3, 0.4) is 0 Å². The molecule has 2 aromatic heterocycles. The van der Waals surface area contributed by atoms with E-state index in [0.717, 1.165) is 4.52 Å². The van der Waals surface area contributed by atoms with Gasteiger partial charge in [0, 0.05) is 6.07 Å². The number of aromatic nitrogens is 3.